The molecule has 0 spiro atoms. The molecule has 2 rings (SSSR count). The smallest absolute Gasteiger partial charge is 0.252 e. The van der Waals surface area contributed by atoms with Crippen LogP contribution >= 0.6 is 0 Å². The average molecular weight is 264 g/mol. The maximum absolute atomic E-state index is 11.9. The van der Waals surface area contributed by atoms with Gasteiger partial charge in [0.05, 0.1) is 17.8 Å². The molecule has 5 heteroatoms. The second kappa shape index (κ2) is 6.02. The predicted octanol–water partition coefficient (Wildman–Crippen LogP) is 1.52. The molecule has 0 saturated heterocycles. The highest BCUT2D eigenvalue weighted by atomic mass is 16.5. The minimum Gasteiger partial charge on any atom is -0.478 e. The molecule has 104 valence electrons. The molecule has 1 aromatic heterocycles. The molecule has 1 fully saturated rings. The van der Waals surface area contributed by atoms with E-state index in [-0.39, 0.29) is 5.91 Å². The predicted molar refractivity (Wildman–Crippen MR) is 71.2 cm³/mol. The standard InChI is InChI=1S/C14H20N2O3/c1-2-19-12-6-5-11(9-15-12)13(17)16-10-14(18)7-3-4-8-14/h5-6,9,18H,2-4,7-8,10H2,1H3,(H,16,17). The Hall–Kier alpha value is -1.62. The molecular formula is C14H20N2O3. The van der Waals surface area contributed by atoms with Crippen molar-refractivity contribution in [3.8, 4) is 5.88 Å². The zero-order valence-electron chi connectivity index (χ0n) is 11.2. The van der Waals surface area contributed by atoms with Crippen LogP contribution in [-0.4, -0.2) is 34.8 Å². The van der Waals surface area contributed by atoms with Gasteiger partial charge in [-0.3, -0.25) is 4.79 Å². The van der Waals surface area contributed by atoms with Gasteiger partial charge in [-0.1, -0.05) is 12.8 Å². The summed E-state index contributed by atoms with van der Waals surface area (Å²) >= 11 is 0. The van der Waals surface area contributed by atoms with Crippen molar-refractivity contribution >= 4 is 5.91 Å². The van der Waals surface area contributed by atoms with Gasteiger partial charge in [-0.05, 0) is 25.8 Å². The molecule has 1 saturated carbocycles. The number of pyridine rings is 1. The van der Waals surface area contributed by atoms with Crippen LogP contribution < -0.4 is 10.1 Å². The number of aromatic nitrogens is 1. The molecule has 1 aromatic rings. The van der Waals surface area contributed by atoms with E-state index in [4.69, 9.17) is 4.74 Å². The average Bonchev–Trinajstić information content (AvgIpc) is 2.85. The second-order valence-corrected chi connectivity index (χ2v) is 4.93. The van der Waals surface area contributed by atoms with E-state index < -0.39 is 5.60 Å². The second-order valence-electron chi connectivity index (χ2n) is 4.93. The molecule has 0 bridgehead atoms. The van der Waals surface area contributed by atoms with Crippen molar-refractivity contribution in [3.05, 3.63) is 23.9 Å². The Bertz CT molecular complexity index is 425. The van der Waals surface area contributed by atoms with Gasteiger partial charge < -0.3 is 15.2 Å². The maximum Gasteiger partial charge on any atom is 0.252 e. The molecule has 1 heterocycles. The first-order valence-electron chi connectivity index (χ1n) is 6.72. The van der Waals surface area contributed by atoms with E-state index >= 15 is 0 Å². The van der Waals surface area contributed by atoms with Crippen molar-refractivity contribution in [3.63, 3.8) is 0 Å². The minimum atomic E-state index is -0.728. The van der Waals surface area contributed by atoms with Crippen molar-refractivity contribution in [1.82, 2.24) is 10.3 Å². The number of aliphatic hydroxyl groups is 1. The quantitative estimate of drug-likeness (QED) is 0.845. The van der Waals surface area contributed by atoms with Crippen LogP contribution in [0.15, 0.2) is 18.3 Å². The molecule has 1 amide bonds. The van der Waals surface area contributed by atoms with Gasteiger partial charge in [0, 0.05) is 18.8 Å². The van der Waals surface area contributed by atoms with E-state index in [0.29, 0.717) is 24.6 Å². The van der Waals surface area contributed by atoms with Gasteiger partial charge in [0.1, 0.15) is 0 Å². The number of nitrogens with zero attached hydrogens (tertiary/aromatic N) is 1. The third kappa shape index (κ3) is 3.67. The SMILES string of the molecule is CCOc1ccc(C(=O)NCC2(O)CCCC2)cn1. The fourth-order valence-corrected chi connectivity index (χ4v) is 2.30. The van der Waals surface area contributed by atoms with Crippen LogP contribution in [0.1, 0.15) is 43.0 Å². The lowest BCUT2D eigenvalue weighted by atomic mass is 10.0. The first kappa shape index (κ1) is 13.8. The fraction of sp³-hybridized carbons (Fsp3) is 0.571. The molecule has 0 aromatic carbocycles. The van der Waals surface area contributed by atoms with Crippen LogP contribution in [0.2, 0.25) is 0 Å². The van der Waals surface area contributed by atoms with E-state index in [0.717, 1.165) is 25.7 Å². The van der Waals surface area contributed by atoms with E-state index in [1.165, 1.54) is 6.20 Å². The molecule has 0 unspecified atom stereocenters. The lowest BCUT2D eigenvalue weighted by Gasteiger charge is -2.22. The number of carbonyl (C=O) groups is 1. The number of rotatable bonds is 5. The summed E-state index contributed by atoms with van der Waals surface area (Å²) in [6.07, 6.45) is 5.05. The van der Waals surface area contributed by atoms with Crippen LogP contribution in [0.4, 0.5) is 0 Å². The summed E-state index contributed by atoms with van der Waals surface area (Å²) in [4.78, 5) is 16.0. The summed E-state index contributed by atoms with van der Waals surface area (Å²) in [6, 6.07) is 3.34. The van der Waals surface area contributed by atoms with Crippen LogP contribution in [-0.2, 0) is 0 Å². The van der Waals surface area contributed by atoms with Crippen LogP contribution in [0.5, 0.6) is 5.88 Å². The molecule has 19 heavy (non-hydrogen) atoms. The monoisotopic (exact) mass is 264 g/mol. The van der Waals surface area contributed by atoms with Gasteiger partial charge >= 0.3 is 0 Å². The number of amides is 1. The zero-order valence-corrected chi connectivity index (χ0v) is 11.2. The number of hydrogen-bond donors (Lipinski definition) is 2. The summed E-state index contributed by atoms with van der Waals surface area (Å²) in [5.74, 6) is 0.296. The number of ether oxygens (including phenoxy) is 1. The lowest BCUT2D eigenvalue weighted by molar-refractivity contribution is 0.0449. The normalized spacial score (nSPS) is 17.2. The number of hydrogen-bond acceptors (Lipinski definition) is 4. The Morgan fingerprint density at radius 3 is 2.79 bits per heavy atom. The first-order valence-corrected chi connectivity index (χ1v) is 6.72. The van der Waals surface area contributed by atoms with Gasteiger partial charge in [0.15, 0.2) is 0 Å². The van der Waals surface area contributed by atoms with Gasteiger partial charge in [-0.15, -0.1) is 0 Å². The summed E-state index contributed by atoms with van der Waals surface area (Å²) < 4.78 is 5.22. The molecular weight excluding hydrogens is 244 g/mol. The van der Waals surface area contributed by atoms with Crippen LogP contribution in [0, 0.1) is 0 Å². The van der Waals surface area contributed by atoms with E-state index in [9.17, 15) is 9.90 Å². The summed E-state index contributed by atoms with van der Waals surface area (Å²) in [6.45, 7) is 2.73. The van der Waals surface area contributed by atoms with Crippen LogP contribution in [0.25, 0.3) is 0 Å². The van der Waals surface area contributed by atoms with Gasteiger partial charge in [0.2, 0.25) is 5.88 Å². The minimum absolute atomic E-state index is 0.212. The van der Waals surface area contributed by atoms with Crippen molar-refractivity contribution in [1.29, 1.82) is 0 Å². The highest BCUT2D eigenvalue weighted by Crippen LogP contribution is 2.28. The zero-order chi connectivity index (χ0) is 13.7. The maximum atomic E-state index is 11.9. The van der Waals surface area contributed by atoms with E-state index in [1.807, 2.05) is 6.92 Å². The summed E-state index contributed by atoms with van der Waals surface area (Å²) in [5, 5.41) is 12.9. The fourth-order valence-electron chi connectivity index (χ4n) is 2.30. The first-order chi connectivity index (χ1) is 9.13. The summed E-state index contributed by atoms with van der Waals surface area (Å²) in [5.41, 5.74) is -0.251. The van der Waals surface area contributed by atoms with Crippen molar-refractivity contribution in [2.45, 2.75) is 38.2 Å². The highest BCUT2D eigenvalue weighted by molar-refractivity contribution is 5.93. The third-order valence-electron chi connectivity index (χ3n) is 3.40. The Balaban J connectivity index is 1.88. The molecule has 0 aliphatic heterocycles. The Morgan fingerprint density at radius 2 is 2.21 bits per heavy atom. The molecule has 0 radical (unpaired) electrons. The molecule has 1 aliphatic rings. The number of carbonyl (C=O) groups excluding carboxylic acids is 1. The van der Waals surface area contributed by atoms with Gasteiger partial charge in [-0.25, -0.2) is 4.98 Å². The van der Waals surface area contributed by atoms with Crippen LogP contribution in [0.3, 0.4) is 0 Å². The van der Waals surface area contributed by atoms with Crippen molar-refractivity contribution < 1.29 is 14.6 Å². The lowest BCUT2D eigenvalue weighted by Crippen LogP contribution is -2.40. The van der Waals surface area contributed by atoms with Crippen molar-refractivity contribution in [2.24, 2.45) is 0 Å². The summed E-state index contributed by atoms with van der Waals surface area (Å²) in [7, 11) is 0. The van der Waals surface area contributed by atoms with Gasteiger partial charge in [0.25, 0.3) is 5.91 Å². The molecule has 2 N–H and O–H groups in total. The van der Waals surface area contributed by atoms with Crippen molar-refractivity contribution in [2.75, 3.05) is 13.2 Å². The Morgan fingerprint density at radius 1 is 1.47 bits per heavy atom. The molecule has 1 aliphatic carbocycles. The molecule has 0 atom stereocenters. The largest absolute Gasteiger partial charge is 0.478 e. The van der Waals surface area contributed by atoms with Gasteiger partial charge in [-0.2, -0.15) is 0 Å². The Labute approximate surface area is 113 Å². The van der Waals surface area contributed by atoms with E-state index in [1.54, 1.807) is 12.1 Å². The number of nitrogens with one attached hydrogen (secondary N) is 1. The topological polar surface area (TPSA) is 71.5 Å². The van der Waals surface area contributed by atoms with E-state index in [2.05, 4.69) is 10.3 Å². The molecule has 5 nitrogen and oxygen atoms in total. The third-order valence-corrected chi connectivity index (χ3v) is 3.40. The Kier molecular flexibility index (Phi) is 4.37. The highest BCUT2D eigenvalue weighted by Gasteiger charge is 2.31.